The van der Waals surface area contributed by atoms with Gasteiger partial charge in [0.2, 0.25) is 11.8 Å². The molecule has 0 bridgehead atoms. The van der Waals surface area contributed by atoms with Crippen LogP contribution in [0.2, 0.25) is 0 Å². The van der Waals surface area contributed by atoms with E-state index in [2.05, 4.69) is 27.1 Å². The normalized spacial score (nSPS) is 24.8. The van der Waals surface area contributed by atoms with Gasteiger partial charge in [-0.15, -0.1) is 0 Å². The quantitative estimate of drug-likeness (QED) is 0.788. The molecule has 2 aliphatic rings. The van der Waals surface area contributed by atoms with Gasteiger partial charge < -0.3 is 14.5 Å². The lowest BCUT2D eigenvalue weighted by molar-refractivity contribution is -0.122. The molecule has 134 valence electrons. The summed E-state index contributed by atoms with van der Waals surface area (Å²) >= 11 is 0. The summed E-state index contributed by atoms with van der Waals surface area (Å²) in [5.74, 6) is 2.20. The summed E-state index contributed by atoms with van der Waals surface area (Å²) in [6.07, 6.45) is 3.88. The van der Waals surface area contributed by atoms with E-state index < -0.39 is 0 Å². The van der Waals surface area contributed by atoms with Gasteiger partial charge in [-0.2, -0.15) is 0 Å². The number of nitrogens with zero attached hydrogens (tertiary/aromatic N) is 3. The summed E-state index contributed by atoms with van der Waals surface area (Å²) in [7, 11) is 2.09. The Morgan fingerprint density at radius 1 is 1.50 bits per heavy atom. The Balaban J connectivity index is 1.37. The van der Waals surface area contributed by atoms with Crippen molar-refractivity contribution in [1.82, 2.24) is 20.1 Å². The number of ether oxygens (including phenoxy) is 1. The largest absolute Gasteiger partial charge is 0.445 e. The number of likely N-dealkylation sites (tertiary alicyclic amines) is 1. The van der Waals surface area contributed by atoms with Gasteiger partial charge in [0, 0.05) is 38.2 Å². The lowest BCUT2D eigenvalue weighted by Gasteiger charge is -2.23. The van der Waals surface area contributed by atoms with E-state index in [1.807, 2.05) is 6.92 Å². The second-order valence-corrected chi connectivity index (χ2v) is 6.99. The van der Waals surface area contributed by atoms with Crippen molar-refractivity contribution in [3.05, 3.63) is 17.8 Å². The van der Waals surface area contributed by atoms with Crippen LogP contribution >= 0.6 is 0 Å². The van der Waals surface area contributed by atoms with Crippen molar-refractivity contribution in [2.45, 2.75) is 32.4 Å². The van der Waals surface area contributed by atoms with Gasteiger partial charge in [-0.3, -0.25) is 14.6 Å². The minimum absolute atomic E-state index is 0.119. The molecule has 2 atom stereocenters. The Hall–Kier alpha value is -1.44. The van der Waals surface area contributed by atoms with E-state index in [1.165, 1.54) is 0 Å². The number of hydrogen-bond donors (Lipinski definition) is 1. The van der Waals surface area contributed by atoms with Gasteiger partial charge in [-0.05, 0) is 26.8 Å². The summed E-state index contributed by atoms with van der Waals surface area (Å²) in [6.45, 7) is 7.30. The van der Waals surface area contributed by atoms with Crippen LogP contribution in [-0.2, 0) is 16.1 Å². The Labute approximate surface area is 143 Å². The number of nitrogens with one attached hydrogen (secondary N) is 1. The Morgan fingerprint density at radius 3 is 3.08 bits per heavy atom. The van der Waals surface area contributed by atoms with Crippen molar-refractivity contribution in [3.8, 4) is 0 Å². The molecule has 7 nitrogen and oxygen atoms in total. The predicted molar refractivity (Wildman–Crippen MR) is 89.5 cm³/mol. The van der Waals surface area contributed by atoms with Crippen molar-refractivity contribution in [2.75, 3.05) is 46.4 Å². The minimum Gasteiger partial charge on any atom is -0.445 e. The molecule has 2 aliphatic heterocycles. The van der Waals surface area contributed by atoms with Gasteiger partial charge in [0.25, 0.3) is 0 Å². The average molecular weight is 336 g/mol. The van der Waals surface area contributed by atoms with Crippen molar-refractivity contribution in [1.29, 1.82) is 0 Å². The molecule has 1 aromatic heterocycles. The van der Waals surface area contributed by atoms with Crippen LogP contribution in [0.15, 0.2) is 10.6 Å². The summed E-state index contributed by atoms with van der Waals surface area (Å²) in [5, 5.41) is 3.04. The molecule has 0 spiro atoms. The zero-order valence-electron chi connectivity index (χ0n) is 14.7. The maximum absolute atomic E-state index is 12.1. The molecule has 2 fully saturated rings. The third-order valence-corrected chi connectivity index (χ3v) is 4.90. The van der Waals surface area contributed by atoms with Gasteiger partial charge >= 0.3 is 0 Å². The number of oxazole rings is 1. The van der Waals surface area contributed by atoms with E-state index in [1.54, 1.807) is 6.20 Å². The van der Waals surface area contributed by atoms with Crippen LogP contribution in [0.4, 0.5) is 0 Å². The Kier molecular flexibility index (Phi) is 5.86. The molecule has 3 heterocycles. The summed E-state index contributed by atoms with van der Waals surface area (Å²) < 4.78 is 10.9. The number of rotatable bonds is 7. The van der Waals surface area contributed by atoms with Gasteiger partial charge in [0.15, 0.2) is 0 Å². The molecule has 0 radical (unpaired) electrons. The molecule has 2 unspecified atom stereocenters. The van der Waals surface area contributed by atoms with E-state index in [0.717, 1.165) is 57.3 Å². The highest BCUT2D eigenvalue weighted by atomic mass is 16.5. The smallest absolute Gasteiger partial charge is 0.234 e. The zero-order valence-corrected chi connectivity index (χ0v) is 14.7. The van der Waals surface area contributed by atoms with E-state index in [4.69, 9.17) is 9.15 Å². The first-order valence-electron chi connectivity index (χ1n) is 8.78. The van der Waals surface area contributed by atoms with Crippen molar-refractivity contribution in [3.63, 3.8) is 0 Å². The molecule has 7 heteroatoms. The first-order valence-corrected chi connectivity index (χ1v) is 8.78. The molecular weight excluding hydrogens is 308 g/mol. The maximum atomic E-state index is 12.1. The maximum Gasteiger partial charge on any atom is 0.234 e. The van der Waals surface area contributed by atoms with Gasteiger partial charge in [-0.25, -0.2) is 4.98 Å². The number of amides is 1. The fraction of sp³-hybridized carbons (Fsp3) is 0.765. The molecule has 1 N–H and O–H groups in total. The minimum atomic E-state index is 0.119. The Bertz CT molecular complexity index is 542. The lowest BCUT2D eigenvalue weighted by atomic mass is 10.1. The summed E-state index contributed by atoms with van der Waals surface area (Å²) in [4.78, 5) is 20.8. The van der Waals surface area contributed by atoms with Crippen molar-refractivity contribution >= 4 is 5.91 Å². The van der Waals surface area contributed by atoms with Crippen LogP contribution in [0.1, 0.15) is 24.5 Å². The molecule has 0 saturated carbocycles. The molecule has 2 saturated heterocycles. The fourth-order valence-corrected chi connectivity index (χ4v) is 3.39. The zero-order chi connectivity index (χ0) is 16.9. The van der Waals surface area contributed by atoms with Crippen LogP contribution in [0.25, 0.3) is 0 Å². The molecule has 0 aromatic carbocycles. The van der Waals surface area contributed by atoms with E-state index in [0.29, 0.717) is 25.0 Å². The first kappa shape index (κ1) is 17.4. The molecule has 1 aromatic rings. The summed E-state index contributed by atoms with van der Waals surface area (Å²) in [5.41, 5.74) is 0. The van der Waals surface area contributed by atoms with E-state index in [-0.39, 0.29) is 5.91 Å². The van der Waals surface area contributed by atoms with Crippen molar-refractivity contribution in [2.24, 2.45) is 5.92 Å². The topological polar surface area (TPSA) is 70.8 Å². The third-order valence-electron chi connectivity index (χ3n) is 4.90. The molecule has 3 rings (SSSR count). The van der Waals surface area contributed by atoms with E-state index in [9.17, 15) is 4.79 Å². The molecule has 24 heavy (non-hydrogen) atoms. The van der Waals surface area contributed by atoms with Gasteiger partial charge in [0.05, 0.1) is 25.9 Å². The molecular formula is C17H28N4O3. The van der Waals surface area contributed by atoms with Crippen LogP contribution in [0.3, 0.4) is 0 Å². The van der Waals surface area contributed by atoms with Crippen molar-refractivity contribution < 1.29 is 13.9 Å². The van der Waals surface area contributed by atoms with E-state index >= 15 is 0 Å². The highest BCUT2D eigenvalue weighted by Gasteiger charge is 2.27. The van der Waals surface area contributed by atoms with Gasteiger partial charge in [0.1, 0.15) is 5.76 Å². The number of carbonyl (C=O) groups excluding carboxylic acids is 1. The van der Waals surface area contributed by atoms with Crippen LogP contribution in [0.5, 0.6) is 0 Å². The number of hydrogen-bond acceptors (Lipinski definition) is 6. The van der Waals surface area contributed by atoms with Crippen LogP contribution < -0.4 is 5.32 Å². The standard InChI is InChI=1S/C17H28N4O3/c1-13-7-19-17(24-13)11-20(2)15-3-5-21(9-15)10-16(22)18-8-14-4-6-23-12-14/h7,14-15H,3-6,8-12H2,1-2H3,(H,18,22). The number of aryl methyl sites for hydroxylation is 1. The van der Waals surface area contributed by atoms with Crippen LogP contribution in [0, 0.1) is 12.8 Å². The number of likely N-dealkylation sites (N-methyl/N-ethyl adjacent to an activating group) is 1. The fourth-order valence-electron chi connectivity index (χ4n) is 3.39. The second kappa shape index (κ2) is 8.09. The van der Waals surface area contributed by atoms with Crippen LogP contribution in [-0.4, -0.2) is 73.2 Å². The monoisotopic (exact) mass is 336 g/mol. The third kappa shape index (κ3) is 4.78. The average Bonchev–Trinajstić information content (AvgIpc) is 3.27. The highest BCUT2D eigenvalue weighted by molar-refractivity contribution is 5.78. The number of carbonyl (C=O) groups is 1. The number of aromatic nitrogens is 1. The summed E-state index contributed by atoms with van der Waals surface area (Å²) in [6, 6.07) is 0.438. The molecule has 0 aliphatic carbocycles. The Morgan fingerprint density at radius 2 is 2.38 bits per heavy atom. The van der Waals surface area contributed by atoms with Gasteiger partial charge in [-0.1, -0.05) is 0 Å². The second-order valence-electron chi connectivity index (χ2n) is 6.99. The first-order chi connectivity index (χ1) is 11.6. The molecule has 1 amide bonds. The lowest BCUT2D eigenvalue weighted by Crippen LogP contribution is -2.40. The SMILES string of the molecule is Cc1cnc(CN(C)C2CCN(CC(=O)NCC3CCOC3)C2)o1. The highest BCUT2D eigenvalue weighted by Crippen LogP contribution is 2.16. The predicted octanol–water partition coefficient (Wildman–Crippen LogP) is 0.642.